The smallest absolute Gasteiger partial charge is 0.250 e. The van der Waals surface area contributed by atoms with Crippen molar-refractivity contribution in [3.63, 3.8) is 0 Å². The summed E-state index contributed by atoms with van der Waals surface area (Å²) >= 11 is 0. The number of nitrogens with two attached hydrogens (primary N) is 1. The molecule has 2 atom stereocenters. The van der Waals surface area contributed by atoms with Gasteiger partial charge in [-0.15, -0.1) is 0 Å². The molecule has 1 aromatic heterocycles. The molecule has 0 unspecified atom stereocenters. The summed E-state index contributed by atoms with van der Waals surface area (Å²) < 4.78 is 1.91. The summed E-state index contributed by atoms with van der Waals surface area (Å²) in [6, 6.07) is 12.7. The number of nitrogen functional groups attached to an aromatic ring is 1. The van der Waals surface area contributed by atoms with E-state index in [1.54, 1.807) is 30.3 Å². The van der Waals surface area contributed by atoms with E-state index in [9.17, 15) is 9.59 Å². The zero-order chi connectivity index (χ0) is 17.4. The fourth-order valence-corrected chi connectivity index (χ4v) is 4.09. The van der Waals surface area contributed by atoms with Gasteiger partial charge in [-0.3, -0.25) is 14.5 Å². The summed E-state index contributed by atoms with van der Waals surface area (Å²) in [5.74, 6) is 0.733. The number of nitrogens with one attached hydrogen (secondary N) is 1. The molecule has 1 fully saturated rings. The zero-order valence-corrected chi connectivity index (χ0v) is 14.0. The van der Waals surface area contributed by atoms with Gasteiger partial charge in [-0.25, -0.2) is 0 Å². The molecule has 0 spiro atoms. The van der Waals surface area contributed by atoms with Crippen molar-refractivity contribution in [1.82, 2.24) is 9.47 Å². The van der Waals surface area contributed by atoms with Crippen LogP contribution in [0.1, 0.15) is 18.0 Å². The Kier molecular flexibility index (Phi) is 4.05. The predicted octanol–water partition coefficient (Wildman–Crippen LogP) is 1.49. The van der Waals surface area contributed by atoms with Crippen molar-refractivity contribution in [2.75, 3.05) is 30.7 Å². The number of hydrogen-bond acceptors (Lipinski definition) is 4. The Bertz CT molecular complexity index is 843. The number of piperidine rings is 1. The van der Waals surface area contributed by atoms with Gasteiger partial charge in [0, 0.05) is 48.7 Å². The van der Waals surface area contributed by atoms with Gasteiger partial charge in [-0.05, 0) is 42.7 Å². The largest absolute Gasteiger partial charge is 0.399 e. The highest BCUT2D eigenvalue weighted by Gasteiger charge is 2.34. The van der Waals surface area contributed by atoms with Crippen LogP contribution in [-0.2, 0) is 11.3 Å². The molecule has 6 nitrogen and oxygen atoms in total. The van der Waals surface area contributed by atoms with E-state index in [4.69, 9.17) is 5.73 Å². The molecule has 6 heteroatoms. The number of anilines is 2. The number of likely N-dealkylation sites (tertiary alicyclic amines) is 1. The van der Waals surface area contributed by atoms with Crippen LogP contribution in [0, 0.1) is 5.92 Å². The van der Waals surface area contributed by atoms with E-state index >= 15 is 0 Å². The second-order valence-corrected chi connectivity index (χ2v) is 7.06. The van der Waals surface area contributed by atoms with Crippen molar-refractivity contribution in [3.05, 3.63) is 58.5 Å². The molecule has 25 heavy (non-hydrogen) atoms. The highest BCUT2D eigenvalue weighted by molar-refractivity contribution is 5.92. The topological polar surface area (TPSA) is 80.4 Å². The fraction of sp³-hybridized carbons (Fsp3) is 0.368. The number of aromatic nitrogens is 1. The van der Waals surface area contributed by atoms with Crippen LogP contribution in [0.3, 0.4) is 0 Å². The minimum atomic E-state index is -0.0183. The maximum absolute atomic E-state index is 12.3. The summed E-state index contributed by atoms with van der Waals surface area (Å²) in [7, 11) is 0. The molecule has 0 radical (unpaired) electrons. The average molecular weight is 338 g/mol. The quantitative estimate of drug-likeness (QED) is 0.831. The van der Waals surface area contributed by atoms with Crippen LogP contribution in [0.25, 0.3) is 0 Å². The number of carbonyl (C=O) groups excluding carboxylic acids is 1. The van der Waals surface area contributed by atoms with E-state index in [2.05, 4.69) is 10.2 Å². The minimum absolute atomic E-state index is 0.0183. The van der Waals surface area contributed by atoms with Crippen molar-refractivity contribution in [1.29, 1.82) is 0 Å². The average Bonchev–Trinajstić information content (AvgIpc) is 2.58. The van der Waals surface area contributed by atoms with Crippen LogP contribution >= 0.6 is 0 Å². The molecule has 3 N–H and O–H groups in total. The number of nitrogens with zero attached hydrogens (tertiary/aromatic N) is 2. The molecule has 2 aliphatic heterocycles. The fourth-order valence-electron chi connectivity index (χ4n) is 4.09. The lowest BCUT2D eigenvalue weighted by Crippen LogP contribution is -2.49. The standard InChI is InChI=1S/C19H22N4O2/c20-15-4-6-16(7-5-15)21-18(24)12-22-9-13-8-14(11-22)17-2-1-3-19(25)23(17)10-13/h1-7,13-14H,8-12,20H2,(H,21,24)/t13-,14-/m1/s1. The third kappa shape index (κ3) is 3.30. The van der Waals surface area contributed by atoms with Gasteiger partial charge in [0.15, 0.2) is 0 Å². The normalized spacial score (nSPS) is 22.2. The first-order valence-electron chi connectivity index (χ1n) is 8.66. The maximum atomic E-state index is 12.3. The summed E-state index contributed by atoms with van der Waals surface area (Å²) in [4.78, 5) is 26.6. The van der Waals surface area contributed by atoms with Gasteiger partial charge in [0.1, 0.15) is 0 Å². The van der Waals surface area contributed by atoms with Gasteiger partial charge in [-0.1, -0.05) is 6.07 Å². The molecule has 4 rings (SSSR count). The first-order valence-corrected chi connectivity index (χ1v) is 8.66. The number of amides is 1. The third-order valence-corrected chi connectivity index (χ3v) is 5.12. The molecule has 2 aromatic rings. The highest BCUT2D eigenvalue weighted by Crippen LogP contribution is 2.34. The lowest BCUT2D eigenvalue weighted by atomic mass is 9.83. The Morgan fingerprint density at radius 3 is 2.72 bits per heavy atom. The summed E-state index contributed by atoms with van der Waals surface area (Å²) in [6.45, 7) is 2.79. The first-order chi connectivity index (χ1) is 12.1. The lowest BCUT2D eigenvalue weighted by molar-refractivity contribution is -0.117. The Labute approximate surface area is 146 Å². The van der Waals surface area contributed by atoms with Crippen molar-refractivity contribution in [2.45, 2.75) is 18.9 Å². The highest BCUT2D eigenvalue weighted by atomic mass is 16.2. The van der Waals surface area contributed by atoms with Crippen LogP contribution in [0.4, 0.5) is 11.4 Å². The van der Waals surface area contributed by atoms with E-state index in [1.165, 1.54) is 0 Å². The summed E-state index contributed by atoms with van der Waals surface area (Å²) in [5, 5.41) is 2.92. The molecular formula is C19H22N4O2. The van der Waals surface area contributed by atoms with Crippen molar-refractivity contribution in [2.24, 2.45) is 5.92 Å². The van der Waals surface area contributed by atoms with Crippen molar-refractivity contribution in [3.8, 4) is 0 Å². The molecule has 2 aliphatic rings. The van der Waals surface area contributed by atoms with E-state index in [1.807, 2.05) is 16.7 Å². The molecule has 0 saturated carbocycles. The molecule has 130 valence electrons. The number of fused-ring (bicyclic) bond motifs is 4. The molecule has 0 aliphatic carbocycles. The molecular weight excluding hydrogens is 316 g/mol. The number of hydrogen-bond donors (Lipinski definition) is 2. The van der Waals surface area contributed by atoms with Crippen LogP contribution in [0.5, 0.6) is 0 Å². The van der Waals surface area contributed by atoms with Crippen molar-refractivity contribution < 1.29 is 4.79 Å². The minimum Gasteiger partial charge on any atom is -0.399 e. The lowest BCUT2D eigenvalue weighted by Gasteiger charge is -2.42. The van der Waals surface area contributed by atoms with E-state index < -0.39 is 0 Å². The van der Waals surface area contributed by atoms with Gasteiger partial charge >= 0.3 is 0 Å². The van der Waals surface area contributed by atoms with Gasteiger partial charge < -0.3 is 15.6 Å². The summed E-state index contributed by atoms with van der Waals surface area (Å²) in [5.41, 5.74) is 8.29. The predicted molar refractivity (Wildman–Crippen MR) is 97.5 cm³/mol. The Morgan fingerprint density at radius 2 is 1.92 bits per heavy atom. The van der Waals surface area contributed by atoms with Crippen LogP contribution in [0.2, 0.25) is 0 Å². The Balaban J connectivity index is 1.43. The van der Waals surface area contributed by atoms with Crippen LogP contribution in [-0.4, -0.2) is 35.0 Å². The van der Waals surface area contributed by atoms with Gasteiger partial charge in [0.05, 0.1) is 6.54 Å². The SMILES string of the molecule is Nc1ccc(NC(=O)CN2C[C@H]3C[C@H](C2)c2cccc(=O)n2C3)cc1. The molecule has 2 bridgehead atoms. The number of benzene rings is 1. The number of carbonyl (C=O) groups is 1. The zero-order valence-electron chi connectivity index (χ0n) is 14.0. The van der Waals surface area contributed by atoms with Crippen molar-refractivity contribution >= 4 is 17.3 Å². The van der Waals surface area contributed by atoms with Gasteiger partial charge in [0.2, 0.25) is 5.91 Å². The second kappa shape index (κ2) is 6.37. The summed E-state index contributed by atoms with van der Waals surface area (Å²) in [6.07, 6.45) is 1.10. The Hall–Kier alpha value is -2.60. The van der Waals surface area contributed by atoms with Crippen LogP contribution < -0.4 is 16.6 Å². The molecule has 1 amide bonds. The number of pyridine rings is 1. The third-order valence-electron chi connectivity index (χ3n) is 5.12. The van der Waals surface area contributed by atoms with E-state index in [0.717, 1.165) is 37.4 Å². The molecule has 3 heterocycles. The maximum Gasteiger partial charge on any atom is 0.250 e. The first kappa shape index (κ1) is 15.9. The van der Waals surface area contributed by atoms with Gasteiger partial charge in [-0.2, -0.15) is 0 Å². The number of rotatable bonds is 3. The van der Waals surface area contributed by atoms with Gasteiger partial charge in [0.25, 0.3) is 5.56 Å². The van der Waals surface area contributed by atoms with E-state index in [-0.39, 0.29) is 11.5 Å². The van der Waals surface area contributed by atoms with Crippen LogP contribution in [0.15, 0.2) is 47.3 Å². The molecule has 1 aromatic carbocycles. The van der Waals surface area contributed by atoms with E-state index in [0.29, 0.717) is 24.1 Å². The molecule has 1 saturated heterocycles. The monoisotopic (exact) mass is 338 g/mol. The second-order valence-electron chi connectivity index (χ2n) is 7.06. The Morgan fingerprint density at radius 1 is 1.12 bits per heavy atom.